The predicted octanol–water partition coefficient (Wildman–Crippen LogP) is -0.256. The third-order valence-corrected chi connectivity index (χ3v) is 4.65. The third kappa shape index (κ3) is 2.31. The van der Waals surface area contributed by atoms with Gasteiger partial charge >= 0.3 is 0 Å². The van der Waals surface area contributed by atoms with Crippen LogP contribution in [0.1, 0.15) is 5.69 Å². The summed E-state index contributed by atoms with van der Waals surface area (Å²) in [6, 6.07) is 5.91. The van der Waals surface area contributed by atoms with Crippen LogP contribution in [0.25, 0.3) is 17.0 Å². The van der Waals surface area contributed by atoms with E-state index in [1.807, 2.05) is 48.1 Å². The number of nitrogens with one attached hydrogen (secondary N) is 1. The Morgan fingerprint density at radius 1 is 1.17 bits per heavy atom. The van der Waals surface area contributed by atoms with Crippen LogP contribution in [0.3, 0.4) is 0 Å². The lowest BCUT2D eigenvalue weighted by Gasteiger charge is -2.08. The molecule has 0 unspecified atom stereocenters. The van der Waals surface area contributed by atoms with Crippen molar-refractivity contribution >= 4 is 32.7 Å². The molecule has 0 aromatic carbocycles. The Kier molecular flexibility index (Phi) is 3.27. The van der Waals surface area contributed by atoms with Gasteiger partial charge in [0.15, 0.2) is 0 Å². The van der Waals surface area contributed by atoms with Gasteiger partial charge in [-0.3, -0.25) is 4.40 Å². The molecule has 0 fully saturated rings. The fourth-order valence-electron chi connectivity index (χ4n) is 2.54. The van der Waals surface area contributed by atoms with E-state index in [9.17, 15) is 0 Å². The van der Waals surface area contributed by atoms with Gasteiger partial charge in [-0.1, -0.05) is 6.07 Å². The molecule has 0 aliphatic heterocycles. The number of fused-ring (bicyclic) bond motifs is 1. The molecule has 0 saturated carbocycles. The standard InChI is InChI=1S/C15H16N8Si/c1-9-10(6-19-23(9)16)20-15-18-8-12(24)14(21-15)11-7-17-13-4-2-3-5-22(11)13/h2-8H,16H2,1,24H3,(H,18,20,21). The predicted molar refractivity (Wildman–Crippen MR) is 96.2 cm³/mol. The normalized spacial score (nSPS) is 11.2. The molecule has 8 nitrogen and oxygen atoms in total. The highest BCUT2D eigenvalue weighted by Gasteiger charge is 2.13. The Hall–Kier alpha value is -3.20. The lowest BCUT2D eigenvalue weighted by atomic mass is 10.3. The van der Waals surface area contributed by atoms with Crippen molar-refractivity contribution in [2.75, 3.05) is 11.2 Å². The summed E-state index contributed by atoms with van der Waals surface area (Å²) in [5, 5.41) is 8.29. The molecule has 3 N–H and O–H groups in total. The number of nitrogens with two attached hydrogens (primary N) is 1. The van der Waals surface area contributed by atoms with Gasteiger partial charge in [0.05, 0.1) is 35.2 Å². The van der Waals surface area contributed by atoms with Gasteiger partial charge in [-0.05, 0) is 24.2 Å². The second kappa shape index (κ2) is 5.46. The van der Waals surface area contributed by atoms with E-state index in [-0.39, 0.29) is 0 Å². The van der Waals surface area contributed by atoms with E-state index in [0.29, 0.717) is 5.95 Å². The van der Waals surface area contributed by atoms with Gasteiger partial charge in [0.1, 0.15) is 5.65 Å². The average Bonchev–Trinajstić information content (AvgIpc) is 3.15. The van der Waals surface area contributed by atoms with Crippen LogP contribution in [0.2, 0.25) is 0 Å². The van der Waals surface area contributed by atoms with E-state index in [0.717, 1.165) is 43.8 Å². The van der Waals surface area contributed by atoms with E-state index < -0.39 is 0 Å². The summed E-state index contributed by atoms with van der Waals surface area (Å²) in [5.41, 5.74) is 4.32. The van der Waals surface area contributed by atoms with Crippen LogP contribution < -0.4 is 16.3 Å². The van der Waals surface area contributed by atoms with Crippen molar-refractivity contribution in [2.24, 2.45) is 0 Å². The van der Waals surface area contributed by atoms with Gasteiger partial charge in [-0.25, -0.2) is 15.0 Å². The van der Waals surface area contributed by atoms with Crippen molar-refractivity contribution < 1.29 is 0 Å². The summed E-state index contributed by atoms with van der Waals surface area (Å²) in [4.78, 5) is 14.8. The highest BCUT2D eigenvalue weighted by molar-refractivity contribution is 6.35. The van der Waals surface area contributed by atoms with Crippen LogP contribution in [-0.4, -0.2) is 39.5 Å². The van der Waals surface area contributed by atoms with Crippen LogP contribution in [0.15, 0.2) is 43.0 Å². The first kappa shape index (κ1) is 14.4. The zero-order valence-electron chi connectivity index (χ0n) is 13.3. The molecule has 24 heavy (non-hydrogen) atoms. The molecular formula is C15H16N8Si. The van der Waals surface area contributed by atoms with E-state index in [4.69, 9.17) is 5.84 Å². The summed E-state index contributed by atoms with van der Waals surface area (Å²) in [6.07, 6.45) is 7.32. The molecular weight excluding hydrogens is 320 g/mol. The first-order valence-corrected chi connectivity index (χ1v) is 8.46. The van der Waals surface area contributed by atoms with Crippen molar-refractivity contribution in [3.05, 3.63) is 48.7 Å². The smallest absolute Gasteiger partial charge is 0.227 e. The van der Waals surface area contributed by atoms with Crippen molar-refractivity contribution in [3.8, 4) is 11.4 Å². The van der Waals surface area contributed by atoms with Crippen LogP contribution in [0, 0.1) is 6.92 Å². The highest BCUT2D eigenvalue weighted by atomic mass is 28.1. The first-order chi connectivity index (χ1) is 11.6. The zero-order valence-corrected chi connectivity index (χ0v) is 15.3. The molecule has 0 aliphatic rings. The van der Waals surface area contributed by atoms with Gasteiger partial charge in [0.25, 0.3) is 0 Å². The lowest BCUT2D eigenvalue weighted by Crippen LogP contribution is -2.14. The topological polar surface area (TPSA) is 99.0 Å². The maximum absolute atomic E-state index is 5.71. The second-order valence-corrected chi connectivity index (χ2v) is 6.59. The minimum Gasteiger partial charge on any atom is -0.323 e. The van der Waals surface area contributed by atoms with E-state index in [1.165, 1.54) is 4.79 Å². The monoisotopic (exact) mass is 336 g/mol. The Labute approximate surface area is 140 Å². The van der Waals surface area contributed by atoms with Crippen LogP contribution in [-0.2, 0) is 0 Å². The summed E-state index contributed by atoms with van der Waals surface area (Å²) in [6.45, 7) is 1.88. The summed E-state index contributed by atoms with van der Waals surface area (Å²) < 4.78 is 2.02. The maximum atomic E-state index is 5.71. The molecule has 0 spiro atoms. The van der Waals surface area contributed by atoms with Crippen LogP contribution in [0.5, 0.6) is 0 Å². The molecule has 4 heterocycles. The van der Waals surface area contributed by atoms with Gasteiger partial charge in [0, 0.05) is 22.6 Å². The largest absolute Gasteiger partial charge is 0.323 e. The maximum Gasteiger partial charge on any atom is 0.227 e. The Bertz CT molecular complexity index is 1040. The van der Waals surface area contributed by atoms with Gasteiger partial charge in [0.2, 0.25) is 5.95 Å². The third-order valence-electron chi connectivity index (χ3n) is 3.92. The second-order valence-electron chi connectivity index (χ2n) is 5.51. The Balaban J connectivity index is 1.78. The van der Waals surface area contributed by atoms with Crippen molar-refractivity contribution in [2.45, 2.75) is 6.92 Å². The molecule has 9 heteroatoms. The molecule has 4 rings (SSSR count). The van der Waals surface area contributed by atoms with Gasteiger partial charge in [-0.2, -0.15) is 9.89 Å². The van der Waals surface area contributed by atoms with Gasteiger partial charge in [-0.15, -0.1) is 0 Å². The first-order valence-electron chi connectivity index (χ1n) is 7.46. The Morgan fingerprint density at radius 2 is 2.04 bits per heavy atom. The number of hydrogen-bond acceptors (Lipinski definition) is 6. The SMILES string of the molecule is Cc1c(Nc2ncc([SiH3])c(-c3cnc4ccccn34)n2)cnn1N. The molecule has 0 aliphatic carbocycles. The molecule has 120 valence electrons. The number of rotatable bonds is 3. The number of nitrogen functional groups attached to an aromatic ring is 1. The molecule has 0 amide bonds. The summed E-state index contributed by atoms with van der Waals surface area (Å²) in [7, 11) is 0.840. The van der Waals surface area contributed by atoms with Crippen LogP contribution >= 0.6 is 0 Å². The van der Waals surface area contributed by atoms with E-state index >= 15 is 0 Å². The fraction of sp³-hybridized carbons (Fsp3) is 0.0667. The molecule has 0 bridgehead atoms. The molecule has 0 radical (unpaired) electrons. The van der Waals surface area contributed by atoms with E-state index in [1.54, 1.807) is 6.20 Å². The van der Waals surface area contributed by atoms with Crippen molar-refractivity contribution in [1.29, 1.82) is 0 Å². The summed E-state index contributed by atoms with van der Waals surface area (Å²) in [5.74, 6) is 6.21. The molecule has 0 saturated heterocycles. The van der Waals surface area contributed by atoms with Gasteiger partial charge < -0.3 is 11.2 Å². The lowest BCUT2D eigenvalue weighted by molar-refractivity contribution is 0.801. The molecule has 4 aromatic rings. The molecule has 4 aromatic heterocycles. The van der Waals surface area contributed by atoms with Crippen LogP contribution in [0.4, 0.5) is 11.6 Å². The number of pyridine rings is 1. The zero-order chi connectivity index (χ0) is 16.7. The Morgan fingerprint density at radius 3 is 2.83 bits per heavy atom. The minimum absolute atomic E-state index is 0.506. The summed E-state index contributed by atoms with van der Waals surface area (Å²) >= 11 is 0. The quantitative estimate of drug-likeness (QED) is 0.395. The number of aromatic nitrogens is 6. The average molecular weight is 336 g/mol. The number of hydrogen-bond donors (Lipinski definition) is 2. The van der Waals surface area contributed by atoms with Crippen molar-refractivity contribution in [1.82, 2.24) is 29.2 Å². The number of anilines is 2. The van der Waals surface area contributed by atoms with Crippen molar-refractivity contribution in [3.63, 3.8) is 0 Å². The van der Waals surface area contributed by atoms with E-state index in [2.05, 4.69) is 25.4 Å². The molecule has 0 atom stereocenters. The minimum atomic E-state index is 0.506. The highest BCUT2D eigenvalue weighted by Crippen LogP contribution is 2.20. The number of nitrogens with zero attached hydrogens (tertiary/aromatic N) is 6. The fourth-order valence-corrected chi connectivity index (χ4v) is 3.03. The number of imidazole rings is 1.